The lowest BCUT2D eigenvalue weighted by Crippen LogP contribution is -2.24. The lowest BCUT2D eigenvalue weighted by atomic mass is 10.2. The fourth-order valence-electron chi connectivity index (χ4n) is 2.99. The normalized spacial score (nSPS) is 10.6. The van der Waals surface area contributed by atoms with Crippen LogP contribution in [0.25, 0.3) is 22.6 Å². The molecule has 10 nitrogen and oxygen atoms in total. The smallest absolute Gasteiger partial charge is 0.329 e. The summed E-state index contributed by atoms with van der Waals surface area (Å²) in [6, 6.07) is 17.4. The zero-order valence-corrected chi connectivity index (χ0v) is 17.9. The molecule has 0 radical (unpaired) electrons. The number of para-hydroxylation sites is 2. The minimum absolute atomic E-state index is 0.0334. The van der Waals surface area contributed by atoms with E-state index in [9.17, 15) is 19.7 Å². The van der Waals surface area contributed by atoms with Crippen LogP contribution in [0.1, 0.15) is 10.4 Å². The van der Waals surface area contributed by atoms with Crippen molar-refractivity contribution in [3.63, 3.8) is 0 Å². The number of nitro groups is 1. The zero-order valence-electron chi connectivity index (χ0n) is 17.1. The Kier molecular flexibility index (Phi) is 6.22. The number of carbonyl (C=O) groups is 2. The summed E-state index contributed by atoms with van der Waals surface area (Å²) in [5, 5.41) is 13.2. The molecule has 0 aliphatic rings. The molecular weight excluding hydrogens is 448 g/mol. The van der Waals surface area contributed by atoms with Gasteiger partial charge >= 0.3 is 11.7 Å². The molecule has 0 aliphatic carbocycles. The SMILES string of the molecule is COc1ccc(C(=O)SNC(=O)Nc2cccc(-c3nc4ccccc4o3)c2)cc1[N+](=O)[O-]. The molecule has 0 bridgehead atoms. The molecule has 0 fully saturated rings. The van der Waals surface area contributed by atoms with E-state index in [4.69, 9.17) is 9.15 Å². The van der Waals surface area contributed by atoms with E-state index in [0.717, 1.165) is 11.6 Å². The highest BCUT2D eigenvalue weighted by atomic mass is 32.2. The minimum atomic E-state index is -0.649. The summed E-state index contributed by atoms with van der Waals surface area (Å²) in [6.45, 7) is 0. The number of nitrogens with one attached hydrogen (secondary N) is 2. The second-order valence-electron chi connectivity index (χ2n) is 6.66. The minimum Gasteiger partial charge on any atom is -0.490 e. The second kappa shape index (κ2) is 9.40. The third-order valence-electron chi connectivity index (χ3n) is 4.51. The van der Waals surface area contributed by atoms with Crippen molar-refractivity contribution in [1.82, 2.24) is 9.71 Å². The molecule has 2 amide bonds. The number of oxazole rings is 1. The van der Waals surface area contributed by atoms with Crippen molar-refractivity contribution in [2.24, 2.45) is 0 Å². The van der Waals surface area contributed by atoms with Crippen molar-refractivity contribution >= 4 is 45.6 Å². The van der Waals surface area contributed by atoms with Crippen LogP contribution in [0.4, 0.5) is 16.2 Å². The summed E-state index contributed by atoms with van der Waals surface area (Å²) in [5.74, 6) is 0.442. The maximum absolute atomic E-state index is 12.3. The van der Waals surface area contributed by atoms with E-state index in [1.165, 1.54) is 19.2 Å². The molecule has 0 saturated heterocycles. The number of rotatable bonds is 5. The number of nitro benzene ring substituents is 1. The molecule has 2 N–H and O–H groups in total. The van der Waals surface area contributed by atoms with E-state index in [0.29, 0.717) is 34.7 Å². The molecule has 1 aromatic heterocycles. The van der Waals surface area contributed by atoms with Crippen LogP contribution in [0, 0.1) is 10.1 Å². The van der Waals surface area contributed by atoms with Crippen LogP contribution in [0.3, 0.4) is 0 Å². The molecule has 0 atom stereocenters. The van der Waals surface area contributed by atoms with Gasteiger partial charge in [-0.05, 0) is 42.5 Å². The van der Waals surface area contributed by atoms with Gasteiger partial charge in [0.15, 0.2) is 11.3 Å². The van der Waals surface area contributed by atoms with E-state index in [1.807, 2.05) is 24.3 Å². The predicted molar refractivity (Wildman–Crippen MR) is 123 cm³/mol. The first-order chi connectivity index (χ1) is 15.9. The quantitative estimate of drug-likeness (QED) is 0.239. The van der Waals surface area contributed by atoms with Gasteiger partial charge in [-0.15, -0.1) is 0 Å². The summed E-state index contributed by atoms with van der Waals surface area (Å²) in [7, 11) is 1.30. The molecule has 166 valence electrons. The second-order valence-corrected chi connectivity index (χ2v) is 7.44. The first-order valence-corrected chi connectivity index (χ1v) is 10.3. The molecule has 4 aromatic rings. The van der Waals surface area contributed by atoms with Gasteiger partial charge in [-0.1, -0.05) is 18.2 Å². The number of ether oxygens (including phenoxy) is 1. The van der Waals surface area contributed by atoms with Gasteiger partial charge in [0.2, 0.25) is 11.0 Å². The lowest BCUT2D eigenvalue weighted by molar-refractivity contribution is -0.385. The van der Waals surface area contributed by atoms with Crippen LogP contribution in [-0.2, 0) is 0 Å². The number of benzene rings is 3. The van der Waals surface area contributed by atoms with Gasteiger partial charge in [0.1, 0.15) is 5.52 Å². The number of anilines is 1. The highest BCUT2D eigenvalue weighted by molar-refractivity contribution is 8.12. The number of carbonyl (C=O) groups excluding carboxylic acids is 2. The van der Waals surface area contributed by atoms with Gasteiger partial charge in [0.05, 0.1) is 12.0 Å². The molecule has 1 heterocycles. The van der Waals surface area contributed by atoms with Crippen LogP contribution < -0.4 is 14.8 Å². The zero-order chi connectivity index (χ0) is 23.4. The number of urea groups is 1. The molecule has 3 aromatic carbocycles. The van der Waals surface area contributed by atoms with Crippen molar-refractivity contribution in [3.05, 3.63) is 82.4 Å². The van der Waals surface area contributed by atoms with E-state index >= 15 is 0 Å². The van der Waals surface area contributed by atoms with Crippen LogP contribution >= 0.6 is 11.9 Å². The Morgan fingerprint density at radius 3 is 2.67 bits per heavy atom. The van der Waals surface area contributed by atoms with Gasteiger partial charge in [-0.2, -0.15) is 0 Å². The van der Waals surface area contributed by atoms with Crippen LogP contribution in [0.5, 0.6) is 5.75 Å². The average molecular weight is 464 g/mol. The standard InChI is InChI=1S/C22H16N4O6S/c1-31-19-10-9-14(12-17(19)26(29)30)21(27)33-25-22(28)23-15-6-4-5-13(11-15)20-24-16-7-2-3-8-18(16)32-20/h2-12H,1H3,(H2,23,25,28). The van der Waals surface area contributed by atoms with E-state index in [1.54, 1.807) is 24.3 Å². The van der Waals surface area contributed by atoms with E-state index < -0.39 is 16.1 Å². The Balaban J connectivity index is 1.40. The molecule has 0 spiro atoms. The average Bonchev–Trinajstić information content (AvgIpc) is 3.26. The van der Waals surface area contributed by atoms with Crippen molar-refractivity contribution in [2.45, 2.75) is 0 Å². The number of amides is 2. The molecule has 11 heteroatoms. The Morgan fingerprint density at radius 2 is 1.91 bits per heavy atom. The first kappa shape index (κ1) is 21.8. The molecule has 0 unspecified atom stereocenters. The molecular formula is C22H16N4O6S. The van der Waals surface area contributed by atoms with Crippen LogP contribution in [0.2, 0.25) is 0 Å². The third kappa shape index (κ3) is 4.93. The monoisotopic (exact) mass is 464 g/mol. The summed E-state index contributed by atoms with van der Waals surface area (Å²) < 4.78 is 13.0. The topological polar surface area (TPSA) is 137 Å². The Hall–Kier alpha value is -4.38. The van der Waals surface area contributed by atoms with Gasteiger partial charge in [0, 0.05) is 34.8 Å². The number of fused-ring (bicyclic) bond motifs is 1. The fraction of sp³-hybridized carbons (Fsp3) is 0.0455. The molecule has 0 saturated carbocycles. The maximum Gasteiger partial charge on any atom is 0.329 e. The third-order valence-corrected chi connectivity index (χ3v) is 5.22. The van der Waals surface area contributed by atoms with Gasteiger partial charge in [-0.25, -0.2) is 9.78 Å². The Morgan fingerprint density at radius 1 is 1.09 bits per heavy atom. The Bertz CT molecular complexity index is 1340. The van der Waals surface area contributed by atoms with Gasteiger partial charge in [0.25, 0.3) is 0 Å². The summed E-state index contributed by atoms with van der Waals surface area (Å²) in [5.41, 5.74) is 2.20. The summed E-state index contributed by atoms with van der Waals surface area (Å²) in [6.07, 6.45) is 0. The summed E-state index contributed by atoms with van der Waals surface area (Å²) >= 11 is 0.499. The van der Waals surface area contributed by atoms with Gasteiger partial charge in [-0.3, -0.25) is 19.6 Å². The number of aromatic nitrogens is 1. The fourth-order valence-corrected chi connectivity index (χ4v) is 3.47. The first-order valence-electron chi connectivity index (χ1n) is 9.51. The largest absolute Gasteiger partial charge is 0.490 e. The summed E-state index contributed by atoms with van der Waals surface area (Å²) in [4.78, 5) is 39.5. The van der Waals surface area contributed by atoms with Crippen molar-refractivity contribution in [3.8, 4) is 17.2 Å². The lowest BCUT2D eigenvalue weighted by Gasteiger charge is -2.08. The van der Waals surface area contributed by atoms with Crippen LogP contribution in [0.15, 0.2) is 71.1 Å². The van der Waals surface area contributed by atoms with E-state index in [-0.39, 0.29) is 17.0 Å². The molecule has 4 rings (SSSR count). The van der Waals surface area contributed by atoms with Crippen LogP contribution in [-0.4, -0.2) is 28.2 Å². The number of methoxy groups -OCH3 is 1. The number of hydrogen-bond acceptors (Lipinski definition) is 8. The van der Waals surface area contributed by atoms with Crippen molar-refractivity contribution in [2.75, 3.05) is 12.4 Å². The highest BCUT2D eigenvalue weighted by Crippen LogP contribution is 2.29. The van der Waals surface area contributed by atoms with Crippen molar-refractivity contribution < 1.29 is 23.7 Å². The van der Waals surface area contributed by atoms with E-state index in [2.05, 4.69) is 15.0 Å². The van der Waals surface area contributed by atoms with Gasteiger partial charge < -0.3 is 14.5 Å². The molecule has 33 heavy (non-hydrogen) atoms. The highest BCUT2D eigenvalue weighted by Gasteiger charge is 2.19. The van der Waals surface area contributed by atoms with Crippen molar-refractivity contribution in [1.29, 1.82) is 0 Å². The Labute approximate surface area is 191 Å². The molecule has 0 aliphatic heterocycles. The maximum atomic E-state index is 12.3. The number of hydrogen-bond donors (Lipinski definition) is 2. The number of nitrogens with zero attached hydrogens (tertiary/aromatic N) is 2. The predicted octanol–water partition coefficient (Wildman–Crippen LogP) is 5.02.